The average molecular weight is 336 g/mol. The number of carbonyl (C=O) groups excluding carboxylic acids is 3. The van der Waals surface area contributed by atoms with Gasteiger partial charge in [-0.1, -0.05) is 13.3 Å². The number of amides is 3. The molecular formula is C17H24N2O5. The van der Waals surface area contributed by atoms with Gasteiger partial charge in [-0.15, -0.1) is 0 Å². The number of ether oxygens (including phenoxy) is 2. The van der Waals surface area contributed by atoms with Crippen LogP contribution in [0.5, 0.6) is 5.75 Å². The van der Waals surface area contributed by atoms with Gasteiger partial charge in [-0.25, -0.2) is 9.59 Å². The molecule has 1 rings (SSSR count). The molecule has 2 N–H and O–H groups in total. The van der Waals surface area contributed by atoms with Crippen LogP contribution in [0, 0.1) is 0 Å². The first-order chi connectivity index (χ1) is 11.5. The fourth-order valence-corrected chi connectivity index (χ4v) is 1.72. The van der Waals surface area contributed by atoms with Gasteiger partial charge < -0.3 is 14.8 Å². The Kier molecular flexibility index (Phi) is 8.32. The molecule has 0 saturated carbocycles. The third-order valence-electron chi connectivity index (χ3n) is 3.08. The van der Waals surface area contributed by atoms with Gasteiger partial charge in [-0.2, -0.15) is 0 Å². The number of imide groups is 1. The van der Waals surface area contributed by atoms with Crippen LogP contribution in [0.1, 0.15) is 44.0 Å². The van der Waals surface area contributed by atoms with Gasteiger partial charge in [0.15, 0.2) is 6.10 Å². The van der Waals surface area contributed by atoms with Crippen LogP contribution in [0.25, 0.3) is 0 Å². The lowest BCUT2D eigenvalue weighted by Gasteiger charge is -2.13. The summed E-state index contributed by atoms with van der Waals surface area (Å²) in [7, 11) is 0. The van der Waals surface area contributed by atoms with Crippen molar-refractivity contribution in [2.24, 2.45) is 0 Å². The Morgan fingerprint density at radius 2 is 1.79 bits per heavy atom. The summed E-state index contributed by atoms with van der Waals surface area (Å²) in [6.45, 7) is 6.21. The van der Waals surface area contributed by atoms with E-state index < -0.39 is 24.0 Å². The minimum atomic E-state index is -1.08. The number of esters is 1. The predicted octanol–water partition coefficient (Wildman–Crippen LogP) is 2.26. The van der Waals surface area contributed by atoms with Crippen molar-refractivity contribution >= 4 is 17.9 Å². The number of nitrogens with one attached hydrogen (secondary N) is 2. The van der Waals surface area contributed by atoms with Crippen LogP contribution >= 0.6 is 0 Å². The Balaban J connectivity index is 2.51. The Bertz CT molecular complexity index is 557. The molecule has 1 unspecified atom stereocenters. The maximum atomic E-state index is 12.0. The molecule has 7 nitrogen and oxygen atoms in total. The van der Waals surface area contributed by atoms with E-state index in [1.54, 1.807) is 31.2 Å². The van der Waals surface area contributed by atoms with E-state index in [0.717, 1.165) is 12.8 Å². The molecule has 0 heterocycles. The summed E-state index contributed by atoms with van der Waals surface area (Å²) < 4.78 is 10.6. The van der Waals surface area contributed by atoms with Gasteiger partial charge in [0.1, 0.15) is 5.75 Å². The molecule has 0 bridgehead atoms. The first-order valence-electron chi connectivity index (χ1n) is 8.00. The lowest BCUT2D eigenvalue weighted by Crippen LogP contribution is -2.44. The lowest BCUT2D eigenvalue weighted by molar-refractivity contribution is -0.127. The Labute approximate surface area is 141 Å². The van der Waals surface area contributed by atoms with Crippen molar-refractivity contribution in [3.05, 3.63) is 29.8 Å². The zero-order valence-corrected chi connectivity index (χ0v) is 14.3. The molecule has 7 heteroatoms. The fourth-order valence-electron chi connectivity index (χ4n) is 1.72. The SMILES string of the molecule is CCCCOc1ccc(C(=O)OC(C)C(=O)NC(=O)NCC)cc1. The summed E-state index contributed by atoms with van der Waals surface area (Å²) in [4.78, 5) is 35.0. The molecule has 0 saturated heterocycles. The van der Waals surface area contributed by atoms with Crippen molar-refractivity contribution in [3.63, 3.8) is 0 Å². The lowest BCUT2D eigenvalue weighted by atomic mass is 10.2. The summed E-state index contributed by atoms with van der Waals surface area (Å²) >= 11 is 0. The van der Waals surface area contributed by atoms with Crippen molar-refractivity contribution in [1.82, 2.24) is 10.6 Å². The third-order valence-corrected chi connectivity index (χ3v) is 3.08. The van der Waals surface area contributed by atoms with Crippen molar-refractivity contribution < 1.29 is 23.9 Å². The molecule has 132 valence electrons. The van der Waals surface area contributed by atoms with Crippen molar-refractivity contribution in [2.75, 3.05) is 13.2 Å². The van der Waals surface area contributed by atoms with Crippen molar-refractivity contribution in [3.8, 4) is 5.75 Å². The van der Waals surface area contributed by atoms with E-state index in [-0.39, 0.29) is 0 Å². The predicted molar refractivity (Wildman–Crippen MR) is 88.9 cm³/mol. The molecule has 0 aliphatic rings. The minimum absolute atomic E-state index is 0.301. The van der Waals surface area contributed by atoms with Crippen LogP contribution in [-0.2, 0) is 9.53 Å². The van der Waals surface area contributed by atoms with E-state index in [1.807, 2.05) is 0 Å². The molecular weight excluding hydrogens is 312 g/mol. The maximum absolute atomic E-state index is 12.0. The van der Waals surface area contributed by atoms with Gasteiger partial charge in [-0.3, -0.25) is 10.1 Å². The van der Waals surface area contributed by atoms with E-state index >= 15 is 0 Å². The molecule has 0 aliphatic carbocycles. The number of hydrogen-bond donors (Lipinski definition) is 2. The summed E-state index contributed by atoms with van der Waals surface area (Å²) in [5.74, 6) is -0.662. The molecule has 1 aromatic carbocycles. The minimum Gasteiger partial charge on any atom is -0.494 e. The molecule has 0 spiro atoms. The number of unbranched alkanes of at least 4 members (excludes halogenated alkanes) is 1. The Morgan fingerprint density at radius 1 is 1.12 bits per heavy atom. The highest BCUT2D eigenvalue weighted by atomic mass is 16.5. The highest BCUT2D eigenvalue weighted by Crippen LogP contribution is 2.14. The van der Waals surface area contributed by atoms with Crippen LogP contribution in [0.4, 0.5) is 4.79 Å². The van der Waals surface area contributed by atoms with Gasteiger partial charge >= 0.3 is 12.0 Å². The van der Waals surface area contributed by atoms with E-state index in [1.165, 1.54) is 6.92 Å². The zero-order chi connectivity index (χ0) is 17.9. The zero-order valence-electron chi connectivity index (χ0n) is 14.3. The van der Waals surface area contributed by atoms with Crippen LogP contribution in [0.2, 0.25) is 0 Å². The number of urea groups is 1. The van der Waals surface area contributed by atoms with Gasteiger partial charge in [0.25, 0.3) is 5.91 Å². The quantitative estimate of drug-likeness (QED) is 0.561. The Hall–Kier alpha value is -2.57. The summed E-state index contributed by atoms with van der Waals surface area (Å²) in [6, 6.07) is 5.85. The summed E-state index contributed by atoms with van der Waals surface area (Å²) in [5, 5.41) is 4.51. The summed E-state index contributed by atoms with van der Waals surface area (Å²) in [5.41, 5.74) is 0.301. The fraction of sp³-hybridized carbons (Fsp3) is 0.471. The first-order valence-corrected chi connectivity index (χ1v) is 8.00. The molecule has 0 aliphatic heterocycles. The number of hydrogen-bond acceptors (Lipinski definition) is 5. The highest BCUT2D eigenvalue weighted by Gasteiger charge is 2.20. The standard InChI is InChI=1S/C17H24N2O5/c1-4-6-11-23-14-9-7-13(8-10-14)16(21)24-12(3)15(20)19-17(22)18-5-2/h7-10,12H,4-6,11H2,1-3H3,(H2,18,19,20,22). The van der Waals surface area contributed by atoms with E-state index in [9.17, 15) is 14.4 Å². The largest absolute Gasteiger partial charge is 0.494 e. The van der Waals surface area contributed by atoms with E-state index in [4.69, 9.17) is 9.47 Å². The van der Waals surface area contributed by atoms with E-state index in [0.29, 0.717) is 24.5 Å². The molecule has 1 atom stereocenters. The molecule has 0 fully saturated rings. The van der Waals surface area contributed by atoms with Gasteiger partial charge in [0.2, 0.25) is 0 Å². The summed E-state index contributed by atoms with van der Waals surface area (Å²) in [6.07, 6.45) is 0.920. The second-order valence-corrected chi connectivity index (χ2v) is 5.12. The second kappa shape index (κ2) is 10.3. The van der Waals surface area contributed by atoms with Crippen LogP contribution < -0.4 is 15.4 Å². The Morgan fingerprint density at radius 3 is 2.38 bits per heavy atom. The topological polar surface area (TPSA) is 93.7 Å². The second-order valence-electron chi connectivity index (χ2n) is 5.12. The molecule has 1 aromatic rings. The van der Waals surface area contributed by atoms with Crippen LogP contribution in [-0.4, -0.2) is 37.2 Å². The monoisotopic (exact) mass is 336 g/mol. The highest BCUT2D eigenvalue weighted by molar-refractivity contribution is 5.98. The first kappa shape index (κ1) is 19.5. The smallest absolute Gasteiger partial charge is 0.338 e. The number of carbonyl (C=O) groups is 3. The molecule has 0 aromatic heterocycles. The van der Waals surface area contributed by atoms with Crippen LogP contribution in [0.15, 0.2) is 24.3 Å². The molecule has 3 amide bonds. The molecule has 24 heavy (non-hydrogen) atoms. The van der Waals surface area contributed by atoms with E-state index in [2.05, 4.69) is 17.6 Å². The van der Waals surface area contributed by atoms with Gasteiger partial charge in [0, 0.05) is 6.54 Å². The van der Waals surface area contributed by atoms with Crippen molar-refractivity contribution in [1.29, 1.82) is 0 Å². The third kappa shape index (κ3) is 6.68. The maximum Gasteiger partial charge on any atom is 0.338 e. The van der Waals surface area contributed by atoms with Gasteiger partial charge in [-0.05, 0) is 44.5 Å². The molecule has 0 radical (unpaired) electrons. The average Bonchev–Trinajstić information content (AvgIpc) is 2.55. The van der Waals surface area contributed by atoms with Crippen molar-refractivity contribution in [2.45, 2.75) is 39.7 Å². The number of rotatable bonds is 8. The normalized spacial score (nSPS) is 11.3. The van der Waals surface area contributed by atoms with Crippen LogP contribution in [0.3, 0.4) is 0 Å². The number of benzene rings is 1. The van der Waals surface area contributed by atoms with Gasteiger partial charge in [0.05, 0.1) is 12.2 Å².